The average molecular weight is 175 g/mol. The van der Waals surface area contributed by atoms with Crippen LogP contribution in [0.3, 0.4) is 0 Å². The minimum Gasteiger partial charge on any atom is -0.389 e. The highest BCUT2D eigenvalue weighted by atomic mass is 16.7. The van der Waals surface area contributed by atoms with Gasteiger partial charge in [0.25, 0.3) is 0 Å². The molecular formula is C8H17NO3. The Balaban J connectivity index is 3.41. The molecule has 0 bridgehead atoms. The van der Waals surface area contributed by atoms with Crippen LogP contribution < -0.4 is 0 Å². The number of aliphatic hydroxyl groups excluding tert-OH is 1. The van der Waals surface area contributed by atoms with Gasteiger partial charge in [0, 0.05) is 0 Å². The quantitative estimate of drug-likeness (QED) is 0.366. The molecule has 72 valence electrons. The first-order chi connectivity index (χ1) is 5.72. The van der Waals surface area contributed by atoms with Crippen molar-refractivity contribution in [1.29, 1.82) is 0 Å². The fraction of sp³-hybridized carbons (Fsp3) is 1.00. The molecule has 0 aliphatic carbocycles. The Kier molecular flexibility index (Phi) is 6.66. The van der Waals surface area contributed by atoms with Crippen LogP contribution >= 0.6 is 0 Å². The molecule has 0 amide bonds. The van der Waals surface area contributed by atoms with E-state index in [2.05, 4.69) is 17.1 Å². The van der Waals surface area contributed by atoms with E-state index < -0.39 is 12.2 Å². The first kappa shape index (κ1) is 11.4. The molecule has 2 atom stereocenters. The molecule has 0 heterocycles. The summed E-state index contributed by atoms with van der Waals surface area (Å²) in [6.07, 6.45) is 2.79. The third-order valence-corrected chi connectivity index (χ3v) is 1.85. The van der Waals surface area contributed by atoms with Crippen molar-refractivity contribution in [2.75, 3.05) is 0 Å². The maximum atomic E-state index is 9.67. The predicted molar refractivity (Wildman–Crippen MR) is 46.5 cm³/mol. The van der Waals surface area contributed by atoms with Crippen molar-refractivity contribution >= 4 is 0 Å². The summed E-state index contributed by atoms with van der Waals surface area (Å²) in [7, 11) is 0. The fourth-order valence-electron chi connectivity index (χ4n) is 0.976. The monoisotopic (exact) mass is 175 g/mol. The summed E-state index contributed by atoms with van der Waals surface area (Å²) in [5, 5.41) is 11.6. The molecule has 0 radical (unpaired) electrons. The summed E-state index contributed by atoms with van der Waals surface area (Å²) in [4.78, 5) is 14.0. The van der Waals surface area contributed by atoms with Crippen molar-refractivity contribution in [1.82, 2.24) is 0 Å². The lowest BCUT2D eigenvalue weighted by atomic mass is 10.1. The highest BCUT2D eigenvalue weighted by Crippen LogP contribution is 2.08. The summed E-state index contributed by atoms with van der Waals surface area (Å²) >= 11 is 0. The summed E-state index contributed by atoms with van der Waals surface area (Å²) in [5.41, 5.74) is 0. The summed E-state index contributed by atoms with van der Waals surface area (Å²) < 4.78 is 0. The molecule has 0 rings (SSSR count). The Morgan fingerprint density at radius 3 is 2.67 bits per heavy atom. The van der Waals surface area contributed by atoms with Crippen LogP contribution in [-0.4, -0.2) is 17.3 Å². The normalized spacial score (nSPS) is 15.2. The molecule has 0 aromatic carbocycles. The smallest absolute Gasteiger partial charge is 0.155 e. The minimum atomic E-state index is -0.575. The van der Waals surface area contributed by atoms with Gasteiger partial charge < -0.3 is 9.94 Å². The Morgan fingerprint density at radius 1 is 1.50 bits per heavy atom. The van der Waals surface area contributed by atoms with Crippen LogP contribution in [0.4, 0.5) is 0 Å². The average Bonchev–Trinajstić information content (AvgIpc) is 2.05. The van der Waals surface area contributed by atoms with Crippen LogP contribution in [0.15, 0.2) is 5.34 Å². The molecule has 2 unspecified atom stereocenters. The third-order valence-electron chi connectivity index (χ3n) is 1.85. The van der Waals surface area contributed by atoms with E-state index in [0.717, 1.165) is 19.3 Å². The van der Waals surface area contributed by atoms with E-state index in [4.69, 9.17) is 0 Å². The maximum Gasteiger partial charge on any atom is 0.155 e. The van der Waals surface area contributed by atoms with Gasteiger partial charge in [-0.3, -0.25) is 0 Å². The first-order valence-corrected chi connectivity index (χ1v) is 4.39. The molecule has 4 nitrogen and oxygen atoms in total. The van der Waals surface area contributed by atoms with Gasteiger partial charge in [-0.1, -0.05) is 26.2 Å². The van der Waals surface area contributed by atoms with Crippen LogP contribution in [0.2, 0.25) is 0 Å². The lowest BCUT2D eigenvalue weighted by Crippen LogP contribution is -2.24. The molecule has 4 heteroatoms. The second kappa shape index (κ2) is 7.03. The van der Waals surface area contributed by atoms with E-state index >= 15 is 0 Å². The Morgan fingerprint density at radius 2 is 2.17 bits per heavy atom. The number of nitrogens with zero attached hydrogens (tertiary/aromatic N) is 1. The van der Waals surface area contributed by atoms with Crippen LogP contribution in [0, 0.1) is 4.91 Å². The summed E-state index contributed by atoms with van der Waals surface area (Å²) in [6, 6.07) is 0. The number of aliphatic hydroxyl groups is 1. The molecule has 0 aromatic rings. The molecule has 0 aliphatic rings. The number of hydrogen-bond donors (Lipinski definition) is 1. The van der Waals surface area contributed by atoms with E-state index in [1.807, 2.05) is 0 Å². The topological polar surface area (TPSA) is 58.9 Å². The number of unbranched alkanes of at least 4 members (excludes halogenated alkanes) is 2. The van der Waals surface area contributed by atoms with E-state index in [9.17, 15) is 10.0 Å². The van der Waals surface area contributed by atoms with Gasteiger partial charge in [0.1, 0.15) is 0 Å². The van der Waals surface area contributed by atoms with Crippen molar-refractivity contribution < 1.29 is 9.94 Å². The molecule has 0 aromatic heterocycles. The lowest BCUT2D eigenvalue weighted by Gasteiger charge is -2.14. The molecule has 0 saturated carbocycles. The van der Waals surface area contributed by atoms with E-state index in [0.29, 0.717) is 6.42 Å². The standard InChI is InChI=1S/C8H17NO3/c1-3-4-5-6-8(10)7(2)12-9-11/h7-8,10H,3-6H2,1-2H3. The number of rotatable bonds is 7. The molecule has 1 N–H and O–H groups in total. The van der Waals surface area contributed by atoms with E-state index in [1.54, 1.807) is 6.92 Å². The summed E-state index contributed by atoms with van der Waals surface area (Å²) in [6.45, 7) is 3.73. The first-order valence-electron chi connectivity index (χ1n) is 4.39. The van der Waals surface area contributed by atoms with Gasteiger partial charge in [-0.15, -0.1) is 4.91 Å². The molecule has 0 saturated heterocycles. The Hall–Kier alpha value is -0.640. The molecule has 0 fully saturated rings. The van der Waals surface area contributed by atoms with Gasteiger partial charge in [0.15, 0.2) is 11.4 Å². The second-order valence-electron chi connectivity index (χ2n) is 2.95. The summed E-state index contributed by atoms with van der Waals surface area (Å²) in [5.74, 6) is 0. The van der Waals surface area contributed by atoms with Gasteiger partial charge in [-0.05, 0) is 13.3 Å². The largest absolute Gasteiger partial charge is 0.389 e. The Bertz CT molecular complexity index is 119. The van der Waals surface area contributed by atoms with Crippen molar-refractivity contribution in [2.45, 2.75) is 51.7 Å². The predicted octanol–water partition coefficient (Wildman–Crippen LogP) is 2.01. The van der Waals surface area contributed by atoms with Crippen LogP contribution in [0.1, 0.15) is 39.5 Å². The van der Waals surface area contributed by atoms with Crippen molar-refractivity contribution in [3.63, 3.8) is 0 Å². The van der Waals surface area contributed by atoms with Crippen molar-refractivity contribution in [2.24, 2.45) is 5.34 Å². The number of hydrogen-bond acceptors (Lipinski definition) is 4. The van der Waals surface area contributed by atoms with Crippen molar-refractivity contribution in [3.05, 3.63) is 4.91 Å². The third kappa shape index (κ3) is 5.07. The second-order valence-corrected chi connectivity index (χ2v) is 2.95. The van der Waals surface area contributed by atoms with Crippen LogP contribution in [0.5, 0.6) is 0 Å². The van der Waals surface area contributed by atoms with Gasteiger partial charge in [0.05, 0.1) is 6.10 Å². The fourth-order valence-corrected chi connectivity index (χ4v) is 0.976. The zero-order valence-electron chi connectivity index (χ0n) is 7.69. The van der Waals surface area contributed by atoms with Crippen LogP contribution in [0.25, 0.3) is 0 Å². The van der Waals surface area contributed by atoms with E-state index in [-0.39, 0.29) is 0 Å². The van der Waals surface area contributed by atoms with Gasteiger partial charge in [-0.2, -0.15) is 0 Å². The molecule has 0 spiro atoms. The molecule has 0 aliphatic heterocycles. The zero-order valence-corrected chi connectivity index (χ0v) is 7.69. The zero-order chi connectivity index (χ0) is 9.40. The highest BCUT2D eigenvalue weighted by molar-refractivity contribution is 4.62. The lowest BCUT2D eigenvalue weighted by molar-refractivity contribution is -0.0306. The van der Waals surface area contributed by atoms with E-state index in [1.165, 1.54) is 0 Å². The van der Waals surface area contributed by atoms with Gasteiger partial charge in [-0.25, -0.2) is 0 Å². The minimum absolute atomic E-state index is 0.487. The Labute approximate surface area is 72.9 Å². The van der Waals surface area contributed by atoms with Crippen LogP contribution in [-0.2, 0) is 4.84 Å². The maximum absolute atomic E-state index is 9.67. The van der Waals surface area contributed by atoms with Gasteiger partial charge in [0.2, 0.25) is 0 Å². The molecular weight excluding hydrogens is 158 g/mol. The molecule has 12 heavy (non-hydrogen) atoms. The highest BCUT2D eigenvalue weighted by Gasteiger charge is 2.14. The van der Waals surface area contributed by atoms with Crippen molar-refractivity contribution in [3.8, 4) is 0 Å². The SMILES string of the molecule is CCCCCC(O)C(C)ON=O. The van der Waals surface area contributed by atoms with Gasteiger partial charge >= 0.3 is 0 Å².